The van der Waals surface area contributed by atoms with Crippen LogP contribution in [0.25, 0.3) is 0 Å². The highest BCUT2D eigenvalue weighted by molar-refractivity contribution is 9.10. The highest BCUT2D eigenvalue weighted by Gasteiger charge is 2.43. The lowest BCUT2D eigenvalue weighted by atomic mass is 9.79. The van der Waals surface area contributed by atoms with Crippen molar-refractivity contribution in [2.24, 2.45) is 10.7 Å². The van der Waals surface area contributed by atoms with Crippen LogP contribution in [-0.2, 0) is 10.3 Å². The fraction of sp³-hybridized carbons (Fsp3) is 0.250. The molecule has 0 unspecified atom stereocenters. The number of ether oxygens (including phenoxy) is 2. The van der Waals surface area contributed by atoms with Crippen LogP contribution in [0.2, 0.25) is 5.15 Å². The first-order valence-electron chi connectivity index (χ1n) is 7.14. The van der Waals surface area contributed by atoms with Gasteiger partial charge in [0.2, 0.25) is 0 Å². The molecule has 2 aromatic rings. The SMILES string of the molecule is NC1=N[C@]2(CCOC1)c1cc(Br)ccc1Oc1cnc(Cl)cc12. The first-order chi connectivity index (χ1) is 11.1. The third-order valence-corrected chi connectivity index (χ3v) is 4.78. The predicted molar refractivity (Wildman–Crippen MR) is 91.3 cm³/mol. The summed E-state index contributed by atoms with van der Waals surface area (Å²) < 4.78 is 12.5. The minimum Gasteiger partial charge on any atom is -0.455 e. The molecule has 1 spiro atoms. The van der Waals surface area contributed by atoms with Crippen molar-refractivity contribution in [1.29, 1.82) is 0 Å². The van der Waals surface area contributed by atoms with E-state index in [1.165, 1.54) is 0 Å². The standard InChI is InChI=1S/C16H13BrClN3O2/c17-9-1-2-12-10(5-9)16(3-4-22-8-15(19)21-16)11-6-14(18)20-7-13(11)23-12/h1-2,5-7H,3-4,8H2,(H2,19,21)/t16-/m1/s1. The van der Waals surface area contributed by atoms with Gasteiger partial charge in [-0.25, -0.2) is 4.98 Å². The summed E-state index contributed by atoms with van der Waals surface area (Å²) >= 11 is 9.65. The van der Waals surface area contributed by atoms with E-state index in [1.54, 1.807) is 12.3 Å². The molecule has 2 N–H and O–H groups in total. The van der Waals surface area contributed by atoms with Crippen molar-refractivity contribution in [2.45, 2.75) is 12.0 Å². The maximum absolute atomic E-state index is 6.13. The molecule has 0 bridgehead atoms. The van der Waals surface area contributed by atoms with Crippen molar-refractivity contribution in [3.05, 3.63) is 51.2 Å². The number of halogens is 2. The Kier molecular flexibility index (Phi) is 3.55. The minimum absolute atomic E-state index is 0.320. The Labute approximate surface area is 146 Å². The number of fused-ring (bicyclic) bond motifs is 4. The van der Waals surface area contributed by atoms with E-state index in [2.05, 4.69) is 20.9 Å². The van der Waals surface area contributed by atoms with E-state index < -0.39 is 5.54 Å². The summed E-state index contributed by atoms with van der Waals surface area (Å²) in [6.07, 6.45) is 2.27. The number of hydrogen-bond acceptors (Lipinski definition) is 5. The van der Waals surface area contributed by atoms with Gasteiger partial charge in [0.15, 0.2) is 5.75 Å². The first-order valence-corrected chi connectivity index (χ1v) is 8.31. The van der Waals surface area contributed by atoms with Crippen LogP contribution >= 0.6 is 27.5 Å². The van der Waals surface area contributed by atoms with E-state index in [-0.39, 0.29) is 0 Å². The van der Waals surface area contributed by atoms with Crippen molar-refractivity contribution in [3.8, 4) is 11.5 Å². The number of amidine groups is 1. The van der Waals surface area contributed by atoms with Crippen LogP contribution in [0.1, 0.15) is 17.5 Å². The first kappa shape index (κ1) is 14.9. The quantitative estimate of drug-likeness (QED) is 0.693. The van der Waals surface area contributed by atoms with E-state index in [1.807, 2.05) is 18.2 Å². The Hall–Kier alpha value is -1.63. The maximum Gasteiger partial charge on any atom is 0.151 e. The highest BCUT2D eigenvalue weighted by atomic mass is 79.9. The van der Waals surface area contributed by atoms with Crippen molar-refractivity contribution in [1.82, 2.24) is 4.98 Å². The van der Waals surface area contributed by atoms with Crippen LogP contribution < -0.4 is 10.5 Å². The molecule has 0 fully saturated rings. The molecule has 23 heavy (non-hydrogen) atoms. The van der Waals surface area contributed by atoms with Crippen LogP contribution in [0.3, 0.4) is 0 Å². The summed E-state index contributed by atoms with van der Waals surface area (Å²) in [5, 5.41) is 0.393. The van der Waals surface area contributed by atoms with E-state index in [0.717, 1.165) is 21.3 Å². The van der Waals surface area contributed by atoms with E-state index >= 15 is 0 Å². The summed E-state index contributed by atoms with van der Waals surface area (Å²) in [5.74, 6) is 1.83. The molecule has 1 aromatic heterocycles. The van der Waals surface area contributed by atoms with Gasteiger partial charge in [-0.15, -0.1) is 0 Å². The van der Waals surface area contributed by atoms with Crippen molar-refractivity contribution >= 4 is 33.4 Å². The number of rotatable bonds is 0. The lowest BCUT2D eigenvalue weighted by Crippen LogP contribution is -2.32. The minimum atomic E-state index is -0.681. The van der Waals surface area contributed by atoms with Gasteiger partial charge in [-0.05, 0) is 24.3 Å². The molecular formula is C16H13BrClN3O2. The van der Waals surface area contributed by atoms with Gasteiger partial charge < -0.3 is 15.2 Å². The van der Waals surface area contributed by atoms with Crippen LogP contribution in [0, 0.1) is 0 Å². The summed E-state index contributed by atoms with van der Waals surface area (Å²) in [4.78, 5) is 8.94. The van der Waals surface area contributed by atoms with Gasteiger partial charge in [0.25, 0.3) is 0 Å². The topological polar surface area (TPSA) is 69.7 Å². The molecule has 0 aliphatic carbocycles. The Morgan fingerprint density at radius 3 is 2.91 bits per heavy atom. The average molecular weight is 395 g/mol. The molecule has 0 saturated heterocycles. The zero-order chi connectivity index (χ0) is 16.0. The second kappa shape index (κ2) is 5.47. The zero-order valence-electron chi connectivity index (χ0n) is 12.1. The lowest BCUT2D eigenvalue weighted by molar-refractivity contribution is 0.160. The van der Waals surface area contributed by atoms with Crippen molar-refractivity contribution in [2.75, 3.05) is 13.2 Å². The van der Waals surface area contributed by atoms with Gasteiger partial charge in [0.05, 0.1) is 12.8 Å². The number of nitrogens with two attached hydrogens (primary N) is 1. The number of hydrogen-bond donors (Lipinski definition) is 1. The third kappa shape index (κ3) is 2.41. The second-order valence-corrected chi connectivity index (χ2v) is 6.81. The van der Waals surface area contributed by atoms with Crippen LogP contribution in [0.5, 0.6) is 11.5 Å². The van der Waals surface area contributed by atoms with Crippen molar-refractivity contribution < 1.29 is 9.47 Å². The molecule has 5 nitrogen and oxygen atoms in total. The van der Waals surface area contributed by atoms with Gasteiger partial charge in [-0.2, -0.15) is 0 Å². The van der Waals surface area contributed by atoms with Crippen molar-refractivity contribution in [3.63, 3.8) is 0 Å². The van der Waals surface area contributed by atoms with E-state index in [4.69, 9.17) is 31.8 Å². The number of aromatic nitrogens is 1. The Bertz CT molecular complexity index is 773. The van der Waals surface area contributed by atoms with E-state index in [0.29, 0.717) is 36.4 Å². The second-order valence-electron chi connectivity index (χ2n) is 5.51. The lowest BCUT2D eigenvalue weighted by Gasteiger charge is -2.36. The van der Waals surface area contributed by atoms with Crippen LogP contribution in [0.4, 0.5) is 0 Å². The van der Waals surface area contributed by atoms with Gasteiger partial charge in [0, 0.05) is 22.0 Å². The molecule has 1 aromatic carbocycles. The fourth-order valence-corrected chi connectivity index (χ4v) is 3.64. The molecule has 2 aliphatic heterocycles. The average Bonchev–Trinajstić information content (AvgIpc) is 2.72. The van der Waals surface area contributed by atoms with E-state index in [9.17, 15) is 0 Å². The summed E-state index contributed by atoms with van der Waals surface area (Å²) in [7, 11) is 0. The number of aliphatic imine (C=N–C) groups is 1. The molecule has 4 rings (SSSR count). The fourth-order valence-electron chi connectivity index (χ4n) is 3.12. The Morgan fingerprint density at radius 1 is 1.22 bits per heavy atom. The molecule has 0 radical (unpaired) electrons. The largest absolute Gasteiger partial charge is 0.455 e. The predicted octanol–water partition coefficient (Wildman–Crippen LogP) is 3.62. The monoisotopic (exact) mass is 393 g/mol. The molecule has 0 amide bonds. The highest BCUT2D eigenvalue weighted by Crippen LogP contribution is 2.52. The molecule has 2 aliphatic rings. The van der Waals surface area contributed by atoms with Crippen LogP contribution in [-0.4, -0.2) is 24.0 Å². The van der Waals surface area contributed by atoms with Gasteiger partial charge >= 0.3 is 0 Å². The third-order valence-electron chi connectivity index (χ3n) is 4.08. The Morgan fingerprint density at radius 2 is 2.04 bits per heavy atom. The molecule has 7 heteroatoms. The smallest absolute Gasteiger partial charge is 0.151 e. The van der Waals surface area contributed by atoms with Gasteiger partial charge in [0.1, 0.15) is 28.9 Å². The molecule has 118 valence electrons. The molecule has 0 saturated carbocycles. The molecular weight excluding hydrogens is 382 g/mol. The summed E-state index contributed by atoms with van der Waals surface area (Å²) in [6, 6.07) is 7.65. The van der Waals surface area contributed by atoms with Gasteiger partial charge in [-0.1, -0.05) is 27.5 Å². The summed E-state index contributed by atoms with van der Waals surface area (Å²) in [5.41, 5.74) is 7.17. The number of nitrogens with zero attached hydrogens (tertiary/aromatic N) is 2. The number of benzene rings is 1. The van der Waals surface area contributed by atoms with Crippen LogP contribution in [0.15, 0.2) is 39.9 Å². The molecule has 3 heterocycles. The summed E-state index contributed by atoms with van der Waals surface area (Å²) in [6.45, 7) is 0.857. The number of pyridine rings is 1. The normalized spacial score (nSPS) is 22.6. The Balaban J connectivity index is 2.05. The zero-order valence-corrected chi connectivity index (χ0v) is 14.4. The maximum atomic E-state index is 6.13. The molecule has 1 atom stereocenters. The van der Waals surface area contributed by atoms with Gasteiger partial charge in [-0.3, -0.25) is 4.99 Å².